The average molecular weight is 411 g/mol. The van der Waals surface area contributed by atoms with E-state index in [2.05, 4.69) is 25.0 Å². The molecule has 1 aromatic carbocycles. The van der Waals surface area contributed by atoms with Gasteiger partial charge in [0.2, 0.25) is 0 Å². The molecule has 140 valence electrons. The SMILES string of the molecule is O=C(Nc1nccc2cccnc12)c1ccc(S(=O)(=O)Nc2nccs2)cc1. The number of carbonyl (C=O) groups is 1. The maximum atomic E-state index is 12.5. The standard InChI is InChI=1S/C18H13N5O3S2/c24-17(22-16-15-12(7-9-20-16)2-1-8-19-15)13-3-5-14(6-4-13)28(25,26)23-18-21-10-11-27-18/h1-11H,(H,21,23)(H,20,22,24). The monoisotopic (exact) mass is 411 g/mol. The van der Waals surface area contributed by atoms with Gasteiger partial charge < -0.3 is 5.32 Å². The lowest BCUT2D eigenvalue weighted by atomic mass is 10.2. The molecule has 0 spiro atoms. The van der Waals surface area contributed by atoms with Crippen molar-refractivity contribution in [3.05, 3.63) is 72.0 Å². The number of pyridine rings is 2. The molecule has 0 fully saturated rings. The van der Waals surface area contributed by atoms with Crippen LogP contribution < -0.4 is 10.0 Å². The van der Waals surface area contributed by atoms with Crippen LogP contribution in [0, 0.1) is 0 Å². The summed E-state index contributed by atoms with van der Waals surface area (Å²) in [6.45, 7) is 0. The van der Waals surface area contributed by atoms with Crippen LogP contribution in [-0.4, -0.2) is 29.3 Å². The minimum absolute atomic E-state index is 0.0317. The summed E-state index contributed by atoms with van der Waals surface area (Å²) in [6.07, 6.45) is 4.71. The van der Waals surface area contributed by atoms with E-state index in [1.165, 1.54) is 41.8 Å². The molecule has 0 saturated heterocycles. The van der Waals surface area contributed by atoms with Crippen molar-refractivity contribution in [3.8, 4) is 0 Å². The van der Waals surface area contributed by atoms with Gasteiger partial charge in [0.25, 0.3) is 15.9 Å². The van der Waals surface area contributed by atoms with Gasteiger partial charge in [0.05, 0.1) is 4.90 Å². The number of amides is 1. The average Bonchev–Trinajstić information content (AvgIpc) is 3.21. The van der Waals surface area contributed by atoms with Gasteiger partial charge in [0.15, 0.2) is 10.9 Å². The summed E-state index contributed by atoms with van der Waals surface area (Å²) in [5.74, 6) is -0.0762. The Balaban J connectivity index is 1.54. The van der Waals surface area contributed by atoms with Crippen molar-refractivity contribution in [2.75, 3.05) is 10.0 Å². The number of hydrogen-bond acceptors (Lipinski definition) is 7. The Bertz CT molecular complexity index is 1230. The summed E-state index contributed by atoms with van der Waals surface area (Å²) in [5.41, 5.74) is 0.869. The Morgan fingerprint density at radius 3 is 2.50 bits per heavy atom. The fourth-order valence-electron chi connectivity index (χ4n) is 2.51. The third kappa shape index (κ3) is 3.68. The quantitative estimate of drug-likeness (QED) is 0.521. The Hall–Kier alpha value is -3.37. The molecule has 4 aromatic rings. The van der Waals surface area contributed by atoms with Crippen LogP contribution in [0.1, 0.15) is 10.4 Å². The van der Waals surface area contributed by atoms with E-state index in [1.54, 1.807) is 29.9 Å². The van der Waals surface area contributed by atoms with Gasteiger partial charge in [-0.2, -0.15) is 0 Å². The molecule has 28 heavy (non-hydrogen) atoms. The summed E-state index contributed by atoms with van der Waals surface area (Å²) in [4.78, 5) is 24.9. The van der Waals surface area contributed by atoms with E-state index < -0.39 is 15.9 Å². The van der Waals surface area contributed by atoms with Crippen LogP contribution in [-0.2, 0) is 10.0 Å². The number of aromatic nitrogens is 3. The van der Waals surface area contributed by atoms with E-state index in [1.807, 2.05) is 6.07 Å². The van der Waals surface area contributed by atoms with Crippen LogP contribution >= 0.6 is 11.3 Å². The molecule has 0 aliphatic rings. The number of carbonyl (C=O) groups excluding carboxylic acids is 1. The molecule has 0 aliphatic heterocycles. The Morgan fingerprint density at radius 2 is 1.75 bits per heavy atom. The largest absolute Gasteiger partial charge is 0.305 e. The van der Waals surface area contributed by atoms with E-state index in [9.17, 15) is 13.2 Å². The molecule has 0 unspecified atom stereocenters. The highest BCUT2D eigenvalue weighted by molar-refractivity contribution is 7.93. The number of thiazole rings is 1. The molecule has 10 heteroatoms. The normalized spacial score (nSPS) is 11.3. The third-order valence-electron chi connectivity index (χ3n) is 3.83. The van der Waals surface area contributed by atoms with Gasteiger partial charge in [-0.05, 0) is 36.4 Å². The van der Waals surface area contributed by atoms with Crippen LogP contribution in [0.15, 0.2) is 71.3 Å². The first-order chi connectivity index (χ1) is 13.5. The summed E-state index contributed by atoms with van der Waals surface area (Å²) in [7, 11) is -3.77. The molecule has 1 amide bonds. The second-order valence-electron chi connectivity index (χ2n) is 5.66. The Morgan fingerprint density at radius 1 is 0.929 bits per heavy atom. The van der Waals surface area contributed by atoms with E-state index in [-0.39, 0.29) is 10.0 Å². The molecule has 2 N–H and O–H groups in total. The van der Waals surface area contributed by atoms with Crippen molar-refractivity contribution in [3.63, 3.8) is 0 Å². The number of rotatable bonds is 5. The lowest BCUT2D eigenvalue weighted by Gasteiger charge is -2.08. The lowest BCUT2D eigenvalue weighted by Crippen LogP contribution is -2.15. The second-order valence-corrected chi connectivity index (χ2v) is 8.23. The molecular formula is C18H13N5O3S2. The minimum Gasteiger partial charge on any atom is -0.305 e. The van der Waals surface area contributed by atoms with Crippen molar-refractivity contribution >= 4 is 49.1 Å². The summed E-state index contributed by atoms with van der Waals surface area (Å²) in [5, 5.41) is 5.50. The molecule has 3 heterocycles. The summed E-state index contributed by atoms with van der Waals surface area (Å²) >= 11 is 1.18. The Labute approximate surface area is 164 Å². The number of nitrogens with zero attached hydrogens (tertiary/aromatic N) is 3. The van der Waals surface area contributed by atoms with Gasteiger partial charge in [0, 0.05) is 34.9 Å². The highest BCUT2D eigenvalue weighted by Gasteiger charge is 2.17. The number of fused-ring (bicyclic) bond motifs is 1. The Kier molecular flexibility index (Phi) is 4.72. The highest BCUT2D eigenvalue weighted by atomic mass is 32.2. The van der Waals surface area contributed by atoms with E-state index in [0.717, 1.165) is 5.39 Å². The van der Waals surface area contributed by atoms with Crippen molar-refractivity contribution in [2.45, 2.75) is 4.90 Å². The first-order valence-electron chi connectivity index (χ1n) is 8.06. The number of nitrogens with one attached hydrogen (secondary N) is 2. The fourth-order valence-corrected chi connectivity index (χ4v) is 4.30. The number of benzene rings is 1. The molecule has 4 rings (SSSR count). The van der Waals surface area contributed by atoms with Gasteiger partial charge >= 0.3 is 0 Å². The lowest BCUT2D eigenvalue weighted by molar-refractivity contribution is 0.102. The van der Waals surface area contributed by atoms with Crippen molar-refractivity contribution in [1.29, 1.82) is 0 Å². The smallest absolute Gasteiger partial charge is 0.263 e. The zero-order valence-electron chi connectivity index (χ0n) is 14.2. The molecule has 0 aliphatic carbocycles. The van der Waals surface area contributed by atoms with E-state index >= 15 is 0 Å². The maximum absolute atomic E-state index is 12.5. The first-order valence-corrected chi connectivity index (χ1v) is 10.4. The summed E-state index contributed by atoms with van der Waals surface area (Å²) in [6, 6.07) is 11.1. The number of sulfonamides is 1. The zero-order valence-corrected chi connectivity index (χ0v) is 15.9. The van der Waals surface area contributed by atoms with Crippen molar-refractivity contribution in [2.24, 2.45) is 0 Å². The number of anilines is 2. The third-order valence-corrected chi connectivity index (χ3v) is 6.01. The molecule has 3 aromatic heterocycles. The van der Waals surface area contributed by atoms with Crippen LogP contribution in [0.3, 0.4) is 0 Å². The zero-order chi connectivity index (χ0) is 19.6. The van der Waals surface area contributed by atoms with Crippen LogP contribution in [0.4, 0.5) is 10.9 Å². The van der Waals surface area contributed by atoms with Crippen LogP contribution in [0.5, 0.6) is 0 Å². The number of hydrogen-bond donors (Lipinski definition) is 2. The molecule has 8 nitrogen and oxygen atoms in total. The molecule has 0 radical (unpaired) electrons. The predicted molar refractivity (Wildman–Crippen MR) is 107 cm³/mol. The predicted octanol–water partition coefficient (Wildman–Crippen LogP) is 3.14. The van der Waals surface area contributed by atoms with Crippen LogP contribution in [0.25, 0.3) is 10.9 Å². The van der Waals surface area contributed by atoms with E-state index in [4.69, 9.17) is 0 Å². The maximum Gasteiger partial charge on any atom is 0.263 e. The van der Waals surface area contributed by atoms with Crippen LogP contribution in [0.2, 0.25) is 0 Å². The topological polar surface area (TPSA) is 114 Å². The van der Waals surface area contributed by atoms with Crippen molar-refractivity contribution in [1.82, 2.24) is 15.0 Å². The minimum atomic E-state index is -3.77. The van der Waals surface area contributed by atoms with Gasteiger partial charge in [-0.15, -0.1) is 11.3 Å². The molecular weight excluding hydrogens is 398 g/mol. The van der Waals surface area contributed by atoms with Crippen molar-refractivity contribution < 1.29 is 13.2 Å². The first kappa shape index (κ1) is 18.0. The second kappa shape index (κ2) is 7.33. The molecule has 0 bridgehead atoms. The fraction of sp³-hybridized carbons (Fsp3) is 0. The van der Waals surface area contributed by atoms with Gasteiger partial charge in [0.1, 0.15) is 5.52 Å². The van der Waals surface area contributed by atoms with E-state index in [0.29, 0.717) is 16.9 Å². The molecule has 0 atom stereocenters. The van der Waals surface area contributed by atoms with Gasteiger partial charge in [-0.1, -0.05) is 6.07 Å². The molecule has 0 saturated carbocycles. The highest BCUT2D eigenvalue weighted by Crippen LogP contribution is 2.20. The summed E-state index contributed by atoms with van der Waals surface area (Å²) < 4.78 is 27.1. The van der Waals surface area contributed by atoms with Gasteiger partial charge in [-0.3, -0.25) is 14.5 Å². The van der Waals surface area contributed by atoms with Gasteiger partial charge in [-0.25, -0.2) is 18.4 Å².